The topological polar surface area (TPSA) is 46.2 Å². The van der Waals surface area contributed by atoms with Crippen LogP contribution in [0.15, 0.2) is 48.5 Å². The molecular weight excluding hydrogens is 439 g/mol. The molecule has 0 saturated heterocycles. The van der Waals surface area contributed by atoms with Crippen molar-refractivity contribution >= 4 is 23.2 Å². The van der Waals surface area contributed by atoms with Gasteiger partial charge in [-0.2, -0.15) is 0 Å². The van der Waals surface area contributed by atoms with Gasteiger partial charge in [-0.05, 0) is 37.1 Å². The Morgan fingerprint density at radius 1 is 0.645 bits per heavy atom. The van der Waals surface area contributed by atoms with E-state index < -0.39 is 11.6 Å². The first-order chi connectivity index (χ1) is 14.8. The molecule has 0 radical (unpaired) electrons. The second-order valence-electron chi connectivity index (χ2n) is 7.52. The number of rotatable bonds is 14. The number of hydrogen-bond donors (Lipinski definition) is 0. The van der Waals surface area contributed by atoms with E-state index in [0.717, 1.165) is 11.1 Å². The standard InChI is InChI=1S/C24H32Cl2O5/c1-23(27-3,17-19-9-5-7-11-21(19)25)30-15-13-29-14-16-31-24(2,28-4)18-20-10-6-8-12-22(20)26/h5-12H,13-18H2,1-4H3. The third kappa shape index (κ3) is 8.70. The van der Waals surface area contributed by atoms with Crippen LogP contribution in [0.2, 0.25) is 10.0 Å². The SMILES string of the molecule is COC(C)(Cc1ccccc1Cl)OCCOCCOC(C)(Cc1ccccc1Cl)OC. The quantitative estimate of drug-likeness (QED) is 0.267. The molecule has 2 atom stereocenters. The molecule has 5 nitrogen and oxygen atoms in total. The summed E-state index contributed by atoms with van der Waals surface area (Å²) >= 11 is 12.5. The first-order valence-corrected chi connectivity index (χ1v) is 11.0. The Balaban J connectivity index is 1.69. The van der Waals surface area contributed by atoms with Crippen molar-refractivity contribution in [2.24, 2.45) is 0 Å². The Morgan fingerprint density at radius 2 is 1.03 bits per heavy atom. The van der Waals surface area contributed by atoms with Gasteiger partial charge < -0.3 is 23.7 Å². The summed E-state index contributed by atoms with van der Waals surface area (Å²) < 4.78 is 28.6. The van der Waals surface area contributed by atoms with E-state index in [0.29, 0.717) is 49.3 Å². The number of halogens is 2. The Hall–Kier alpha value is -1.18. The predicted octanol–water partition coefficient (Wildman–Crippen LogP) is 5.55. The number of hydrogen-bond acceptors (Lipinski definition) is 5. The molecule has 2 rings (SSSR count). The molecule has 0 aromatic heterocycles. The molecule has 0 aliphatic rings. The van der Waals surface area contributed by atoms with E-state index in [4.69, 9.17) is 46.9 Å². The molecule has 2 aromatic rings. The Morgan fingerprint density at radius 3 is 1.39 bits per heavy atom. The molecule has 0 bridgehead atoms. The third-order valence-corrected chi connectivity index (χ3v) is 5.81. The Bertz CT molecular complexity index is 738. The predicted molar refractivity (Wildman–Crippen MR) is 124 cm³/mol. The lowest BCUT2D eigenvalue weighted by atomic mass is 10.1. The summed E-state index contributed by atoms with van der Waals surface area (Å²) in [4.78, 5) is 0. The van der Waals surface area contributed by atoms with Crippen molar-refractivity contribution in [3.05, 3.63) is 69.7 Å². The number of methoxy groups -OCH3 is 2. The fourth-order valence-electron chi connectivity index (χ4n) is 3.07. The maximum atomic E-state index is 6.25. The molecule has 0 fully saturated rings. The minimum absolute atomic E-state index is 0.385. The molecule has 0 saturated carbocycles. The molecule has 0 amide bonds. The van der Waals surface area contributed by atoms with Gasteiger partial charge in [-0.15, -0.1) is 0 Å². The monoisotopic (exact) mass is 470 g/mol. The summed E-state index contributed by atoms with van der Waals surface area (Å²) in [5.74, 6) is -1.57. The highest BCUT2D eigenvalue weighted by atomic mass is 35.5. The van der Waals surface area contributed by atoms with Crippen LogP contribution in [0.5, 0.6) is 0 Å². The summed E-state index contributed by atoms with van der Waals surface area (Å²) in [7, 11) is 3.24. The lowest BCUT2D eigenvalue weighted by Crippen LogP contribution is -2.36. The van der Waals surface area contributed by atoms with Gasteiger partial charge >= 0.3 is 0 Å². The van der Waals surface area contributed by atoms with Crippen LogP contribution in [-0.4, -0.2) is 52.2 Å². The van der Waals surface area contributed by atoms with Crippen LogP contribution >= 0.6 is 23.2 Å². The van der Waals surface area contributed by atoms with Crippen LogP contribution in [0.1, 0.15) is 25.0 Å². The number of benzene rings is 2. The van der Waals surface area contributed by atoms with E-state index in [-0.39, 0.29) is 0 Å². The van der Waals surface area contributed by atoms with E-state index in [9.17, 15) is 0 Å². The van der Waals surface area contributed by atoms with Gasteiger partial charge in [0.2, 0.25) is 0 Å². The average Bonchev–Trinajstić information content (AvgIpc) is 2.76. The van der Waals surface area contributed by atoms with Gasteiger partial charge in [-0.1, -0.05) is 59.6 Å². The fraction of sp³-hybridized carbons (Fsp3) is 0.500. The van der Waals surface area contributed by atoms with Gasteiger partial charge in [0.05, 0.1) is 26.4 Å². The van der Waals surface area contributed by atoms with Crippen molar-refractivity contribution in [2.75, 3.05) is 40.6 Å². The van der Waals surface area contributed by atoms with Crippen molar-refractivity contribution < 1.29 is 23.7 Å². The largest absolute Gasteiger partial charge is 0.377 e. The minimum atomic E-state index is -0.783. The van der Waals surface area contributed by atoms with E-state index in [1.54, 1.807) is 14.2 Å². The maximum absolute atomic E-state index is 6.25. The molecule has 7 heteroatoms. The molecule has 0 aliphatic carbocycles. The summed E-state index contributed by atoms with van der Waals surface area (Å²) in [6.07, 6.45) is 1.08. The highest BCUT2D eigenvalue weighted by molar-refractivity contribution is 6.31. The van der Waals surface area contributed by atoms with Crippen molar-refractivity contribution in [2.45, 2.75) is 38.3 Å². The van der Waals surface area contributed by atoms with Crippen molar-refractivity contribution in [3.63, 3.8) is 0 Å². The zero-order valence-corrected chi connectivity index (χ0v) is 20.2. The van der Waals surface area contributed by atoms with E-state index in [1.165, 1.54) is 0 Å². The smallest absolute Gasteiger partial charge is 0.169 e. The lowest BCUT2D eigenvalue weighted by molar-refractivity contribution is -0.223. The molecule has 0 heterocycles. The van der Waals surface area contributed by atoms with Gasteiger partial charge in [0.25, 0.3) is 0 Å². The van der Waals surface area contributed by atoms with Crippen LogP contribution in [0.3, 0.4) is 0 Å². The summed E-state index contributed by atoms with van der Waals surface area (Å²) in [6.45, 7) is 5.38. The first-order valence-electron chi connectivity index (χ1n) is 10.2. The summed E-state index contributed by atoms with van der Waals surface area (Å²) in [5, 5.41) is 1.39. The lowest BCUT2D eigenvalue weighted by Gasteiger charge is -2.29. The van der Waals surface area contributed by atoms with E-state index in [2.05, 4.69) is 0 Å². The zero-order valence-electron chi connectivity index (χ0n) is 18.7. The second-order valence-corrected chi connectivity index (χ2v) is 8.34. The van der Waals surface area contributed by atoms with Gasteiger partial charge in [0.1, 0.15) is 0 Å². The van der Waals surface area contributed by atoms with Crippen molar-refractivity contribution in [1.82, 2.24) is 0 Å². The summed E-state index contributed by atoms with van der Waals surface area (Å²) in [5.41, 5.74) is 1.94. The molecule has 2 unspecified atom stereocenters. The zero-order chi connectivity index (χ0) is 22.7. The van der Waals surface area contributed by atoms with Crippen LogP contribution in [-0.2, 0) is 36.5 Å². The average molecular weight is 471 g/mol. The molecule has 0 spiro atoms. The Labute approximate surface area is 195 Å². The van der Waals surface area contributed by atoms with Crippen molar-refractivity contribution in [3.8, 4) is 0 Å². The fourth-order valence-corrected chi connectivity index (χ4v) is 3.48. The van der Waals surface area contributed by atoms with Gasteiger partial charge in [-0.3, -0.25) is 0 Å². The molecule has 172 valence electrons. The molecule has 0 aliphatic heterocycles. The third-order valence-electron chi connectivity index (χ3n) is 5.07. The maximum Gasteiger partial charge on any atom is 0.169 e. The normalized spacial score (nSPS) is 15.4. The van der Waals surface area contributed by atoms with Crippen LogP contribution in [0.4, 0.5) is 0 Å². The molecule has 31 heavy (non-hydrogen) atoms. The van der Waals surface area contributed by atoms with Gasteiger partial charge in [0.15, 0.2) is 11.6 Å². The number of ether oxygens (including phenoxy) is 5. The van der Waals surface area contributed by atoms with Crippen LogP contribution in [0, 0.1) is 0 Å². The van der Waals surface area contributed by atoms with Gasteiger partial charge in [0, 0.05) is 37.1 Å². The minimum Gasteiger partial charge on any atom is -0.377 e. The molecule has 0 N–H and O–H groups in total. The summed E-state index contributed by atoms with van der Waals surface area (Å²) in [6, 6.07) is 15.3. The first kappa shape index (κ1) is 26.1. The molecular formula is C24H32Cl2O5. The highest BCUT2D eigenvalue weighted by Crippen LogP contribution is 2.25. The highest BCUT2D eigenvalue weighted by Gasteiger charge is 2.27. The van der Waals surface area contributed by atoms with E-state index >= 15 is 0 Å². The molecule has 2 aromatic carbocycles. The van der Waals surface area contributed by atoms with Crippen molar-refractivity contribution in [1.29, 1.82) is 0 Å². The van der Waals surface area contributed by atoms with Gasteiger partial charge in [-0.25, -0.2) is 0 Å². The Kier molecular flexibility index (Phi) is 10.7. The second kappa shape index (κ2) is 12.8. The van der Waals surface area contributed by atoms with Crippen LogP contribution < -0.4 is 0 Å². The van der Waals surface area contributed by atoms with E-state index in [1.807, 2.05) is 62.4 Å². The van der Waals surface area contributed by atoms with Crippen LogP contribution in [0.25, 0.3) is 0 Å².